The summed E-state index contributed by atoms with van der Waals surface area (Å²) in [7, 11) is 0. The first-order valence-corrected chi connectivity index (χ1v) is 14.8. The molecule has 42 heavy (non-hydrogen) atoms. The molecule has 0 nitrogen and oxygen atoms in total. The van der Waals surface area contributed by atoms with Gasteiger partial charge in [0.15, 0.2) is 0 Å². The molecule has 0 N–H and O–H groups in total. The van der Waals surface area contributed by atoms with E-state index >= 15 is 0 Å². The lowest BCUT2D eigenvalue weighted by molar-refractivity contribution is 0.986. The third kappa shape index (κ3) is 4.24. The molecule has 1 aliphatic carbocycles. The highest BCUT2D eigenvalue weighted by Gasteiger charge is 2.18. The highest BCUT2D eigenvalue weighted by Crippen LogP contribution is 2.45. The van der Waals surface area contributed by atoms with Gasteiger partial charge in [-0.05, 0) is 108 Å². The van der Waals surface area contributed by atoms with Gasteiger partial charge >= 0.3 is 0 Å². The summed E-state index contributed by atoms with van der Waals surface area (Å²) in [5.74, 6) is 0. The fourth-order valence-electron chi connectivity index (χ4n) is 6.68. The van der Waals surface area contributed by atoms with Crippen LogP contribution in [0.25, 0.3) is 72.1 Å². The molecule has 8 rings (SSSR count). The maximum Gasteiger partial charge on any atom is -0.00261 e. The molecule has 0 saturated heterocycles. The first-order chi connectivity index (χ1) is 20.8. The Hall–Kier alpha value is -5.20. The van der Waals surface area contributed by atoms with Crippen LogP contribution in [0.1, 0.15) is 17.5 Å². The van der Waals surface area contributed by atoms with Crippen molar-refractivity contribution in [2.75, 3.05) is 0 Å². The summed E-state index contributed by atoms with van der Waals surface area (Å²) in [6.07, 6.45) is 6.83. The molecule has 0 heterocycles. The fourth-order valence-corrected chi connectivity index (χ4v) is 6.68. The molecule has 0 amide bonds. The Labute approximate surface area is 247 Å². The van der Waals surface area contributed by atoms with Crippen LogP contribution in [-0.4, -0.2) is 0 Å². The number of rotatable bonds is 4. The zero-order chi connectivity index (χ0) is 27.9. The number of allylic oxidation sites excluding steroid dienone is 1. The molecule has 7 aromatic carbocycles. The SMILES string of the molecule is C1=Cc2cc(-c3cccc(-c4c5ccccc5c(-c5ccccc5)c5cc(-c6ccccc6)ccc45)c3)ccc2CC1. The minimum Gasteiger partial charge on any atom is -0.0836 e. The number of hydrogen-bond acceptors (Lipinski definition) is 0. The van der Waals surface area contributed by atoms with Gasteiger partial charge in [-0.1, -0.05) is 140 Å². The summed E-state index contributed by atoms with van der Waals surface area (Å²) in [6, 6.07) is 53.5. The molecule has 0 aromatic heterocycles. The van der Waals surface area contributed by atoms with Crippen molar-refractivity contribution in [2.24, 2.45) is 0 Å². The van der Waals surface area contributed by atoms with E-state index in [1.165, 1.54) is 77.2 Å². The zero-order valence-electron chi connectivity index (χ0n) is 23.4. The van der Waals surface area contributed by atoms with Gasteiger partial charge in [0.1, 0.15) is 0 Å². The second-order valence-corrected chi connectivity index (χ2v) is 11.2. The molecule has 7 aromatic rings. The van der Waals surface area contributed by atoms with Gasteiger partial charge in [0.05, 0.1) is 0 Å². The van der Waals surface area contributed by atoms with Crippen LogP contribution < -0.4 is 0 Å². The highest BCUT2D eigenvalue weighted by molar-refractivity contribution is 6.22. The van der Waals surface area contributed by atoms with E-state index in [0.29, 0.717) is 0 Å². The Bertz CT molecular complexity index is 2110. The van der Waals surface area contributed by atoms with E-state index in [4.69, 9.17) is 0 Å². The predicted octanol–water partition coefficient (Wildman–Crippen LogP) is 11.6. The van der Waals surface area contributed by atoms with Gasteiger partial charge in [-0.3, -0.25) is 0 Å². The lowest BCUT2D eigenvalue weighted by Crippen LogP contribution is -1.94. The molecule has 0 spiro atoms. The van der Waals surface area contributed by atoms with Crippen molar-refractivity contribution in [3.8, 4) is 44.5 Å². The maximum atomic E-state index is 2.39. The summed E-state index contributed by atoms with van der Waals surface area (Å²) in [6.45, 7) is 0. The van der Waals surface area contributed by atoms with Crippen LogP contribution in [0.2, 0.25) is 0 Å². The number of hydrogen-bond donors (Lipinski definition) is 0. The first-order valence-electron chi connectivity index (χ1n) is 14.8. The van der Waals surface area contributed by atoms with Gasteiger partial charge in [0.2, 0.25) is 0 Å². The quantitative estimate of drug-likeness (QED) is 0.197. The van der Waals surface area contributed by atoms with Crippen molar-refractivity contribution in [1.82, 2.24) is 0 Å². The number of aryl methyl sites for hydroxylation is 1. The third-order valence-corrected chi connectivity index (χ3v) is 8.70. The molecular formula is C42H30. The molecule has 0 bridgehead atoms. The van der Waals surface area contributed by atoms with Crippen molar-refractivity contribution in [3.05, 3.63) is 163 Å². The Morgan fingerprint density at radius 2 is 0.929 bits per heavy atom. The van der Waals surface area contributed by atoms with Crippen molar-refractivity contribution in [2.45, 2.75) is 12.8 Å². The average molecular weight is 535 g/mol. The van der Waals surface area contributed by atoms with Crippen LogP contribution in [0.15, 0.2) is 152 Å². The molecule has 0 radical (unpaired) electrons. The Morgan fingerprint density at radius 3 is 1.71 bits per heavy atom. The van der Waals surface area contributed by atoms with Crippen molar-refractivity contribution in [3.63, 3.8) is 0 Å². The minimum absolute atomic E-state index is 1.13. The van der Waals surface area contributed by atoms with E-state index in [0.717, 1.165) is 12.8 Å². The Morgan fingerprint density at radius 1 is 0.357 bits per heavy atom. The second-order valence-electron chi connectivity index (χ2n) is 11.2. The molecule has 0 fully saturated rings. The van der Waals surface area contributed by atoms with Gasteiger partial charge in [0.25, 0.3) is 0 Å². The first kappa shape index (κ1) is 24.6. The van der Waals surface area contributed by atoms with Crippen molar-refractivity contribution >= 4 is 27.6 Å². The largest absolute Gasteiger partial charge is 0.0836 e. The maximum absolute atomic E-state index is 2.39. The lowest BCUT2D eigenvalue weighted by atomic mass is 9.84. The normalized spacial score (nSPS) is 12.5. The van der Waals surface area contributed by atoms with E-state index in [1.807, 2.05) is 0 Å². The average Bonchev–Trinajstić information content (AvgIpc) is 3.07. The topological polar surface area (TPSA) is 0 Å². The van der Waals surface area contributed by atoms with Gasteiger partial charge in [-0.15, -0.1) is 0 Å². The fraction of sp³-hybridized carbons (Fsp3) is 0.0476. The summed E-state index contributed by atoms with van der Waals surface area (Å²) < 4.78 is 0. The monoisotopic (exact) mass is 534 g/mol. The number of benzene rings is 7. The van der Waals surface area contributed by atoms with Crippen LogP contribution in [0, 0.1) is 0 Å². The third-order valence-electron chi connectivity index (χ3n) is 8.70. The van der Waals surface area contributed by atoms with E-state index in [9.17, 15) is 0 Å². The van der Waals surface area contributed by atoms with Gasteiger partial charge in [-0.25, -0.2) is 0 Å². The second kappa shape index (κ2) is 10.3. The van der Waals surface area contributed by atoms with E-state index < -0.39 is 0 Å². The summed E-state index contributed by atoms with van der Waals surface area (Å²) in [5.41, 5.74) is 12.8. The molecular weight excluding hydrogens is 504 g/mol. The summed E-state index contributed by atoms with van der Waals surface area (Å²) >= 11 is 0. The van der Waals surface area contributed by atoms with Crippen molar-refractivity contribution < 1.29 is 0 Å². The standard InChI is InChI=1S/C42H30/c1-3-12-29(13-4-1)35-24-25-39-40(28-35)41(31-15-5-2-6-16-31)37-20-9-10-21-38(37)42(39)36-19-11-18-33(27-36)34-23-22-30-14-7-8-17-32(30)26-34/h1-6,8-13,15-28H,7,14H2. The molecule has 0 saturated carbocycles. The van der Waals surface area contributed by atoms with E-state index in [2.05, 4.69) is 158 Å². The number of fused-ring (bicyclic) bond motifs is 3. The molecule has 1 aliphatic rings. The molecule has 0 aliphatic heterocycles. The van der Waals surface area contributed by atoms with Crippen molar-refractivity contribution in [1.29, 1.82) is 0 Å². The summed E-state index contributed by atoms with van der Waals surface area (Å²) in [5, 5.41) is 5.11. The van der Waals surface area contributed by atoms with Crippen LogP contribution >= 0.6 is 0 Å². The molecule has 0 heteroatoms. The Balaban J connectivity index is 1.41. The minimum atomic E-state index is 1.13. The lowest BCUT2D eigenvalue weighted by Gasteiger charge is -2.19. The van der Waals surface area contributed by atoms with Gasteiger partial charge < -0.3 is 0 Å². The highest BCUT2D eigenvalue weighted by atomic mass is 14.2. The van der Waals surface area contributed by atoms with Gasteiger partial charge in [0, 0.05) is 0 Å². The van der Waals surface area contributed by atoms with Gasteiger partial charge in [-0.2, -0.15) is 0 Å². The van der Waals surface area contributed by atoms with Crippen LogP contribution in [0.5, 0.6) is 0 Å². The molecule has 0 unspecified atom stereocenters. The summed E-state index contributed by atoms with van der Waals surface area (Å²) in [4.78, 5) is 0. The molecule has 198 valence electrons. The van der Waals surface area contributed by atoms with E-state index in [1.54, 1.807) is 0 Å². The smallest absolute Gasteiger partial charge is 0.00261 e. The van der Waals surface area contributed by atoms with Crippen LogP contribution in [0.3, 0.4) is 0 Å². The van der Waals surface area contributed by atoms with Crippen LogP contribution in [0.4, 0.5) is 0 Å². The zero-order valence-corrected chi connectivity index (χ0v) is 23.4. The Kier molecular flexibility index (Phi) is 6.04. The predicted molar refractivity (Wildman–Crippen MR) is 181 cm³/mol. The molecule has 0 atom stereocenters. The van der Waals surface area contributed by atoms with Crippen LogP contribution in [-0.2, 0) is 6.42 Å². The van der Waals surface area contributed by atoms with E-state index in [-0.39, 0.29) is 0 Å².